The lowest BCUT2D eigenvalue weighted by Crippen LogP contribution is -2.43. The predicted octanol–water partition coefficient (Wildman–Crippen LogP) is 4.55. The Kier molecular flexibility index (Phi) is 6.40. The molecule has 7 nitrogen and oxygen atoms in total. The molecule has 0 spiro atoms. The van der Waals surface area contributed by atoms with Crippen LogP contribution in [0, 0.1) is 19.8 Å². The Morgan fingerprint density at radius 3 is 2.89 bits per heavy atom. The number of hydrogen-bond donors (Lipinski definition) is 1. The number of piperidine rings is 1. The van der Waals surface area contributed by atoms with Gasteiger partial charge in [0.15, 0.2) is 5.82 Å². The highest BCUT2D eigenvalue weighted by Gasteiger charge is 2.28. The molecule has 0 unspecified atom stereocenters. The molecule has 0 bridgehead atoms. The number of hydrogen-bond acceptors (Lipinski definition) is 5. The zero-order valence-corrected chi connectivity index (χ0v) is 20.5. The van der Waals surface area contributed by atoms with Crippen molar-refractivity contribution in [3.05, 3.63) is 77.6 Å². The molecule has 2 aromatic carbocycles. The highest BCUT2D eigenvalue weighted by Crippen LogP contribution is 2.30. The van der Waals surface area contributed by atoms with E-state index >= 15 is 0 Å². The molecule has 1 fully saturated rings. The van der Waals surface area contributed by atoms with Gasteiger partial charge in [-0.3, -0.25) is 4.79 Å². The molecule has 2 aromatic heterocycles. The summed E-state index contributed by atoms with van der Waals surface area (Å²) in [7, 11) is 1.65. The number of rotatable bonds is 6. The molecule has 35 heavy (non-hydrogen) atoms. The van der Waals surface area contributed by atoms with Gasteiger partial charge in [0, 0.05) is 37.6 Å². The number of anilines is 1. The monoisotopic (exact) mass is 469 g/mol. The number of methoxy groups -OCH3 is 1. The molecular weight excluding hydrogens is 438 g/mol. The number of carbonyl (C=O) groups excluding carboxylic acids is 1. The van der Waals surface area contributed by atoms with E-state index in [-0.39, 0.29) is 11.8 Å². The Morgan fingerprint density at radius 1 is 1.17 bits per heavy atom. The minimum absolute atomic E-state index is 0.0777. The Hall–Kier alpha value is -3.87. The van der Waals surface area contributed by atoms with E-state index in [4.69, 9.17) is 14.8 Å². The van der Waals surface area contributed by atoms with Crippen molar-refractivity contribution in [1.82, 2.24) is 19.9 Å². The summed E-state index contributed by atoms with van der Waals surface area (Å²) in [6.45, 7) is 6.21. The molecule has 0 radical (unpaired) electrons. The van der Waals surface area contributed by atoms with Crippen LogP contribution in [0.1, 0.15) is 29.5 Å². The van der Waals surface area contributed by atoms with E-state index in [1.165, 1.54) is 11.1 Å². The number of nitrogens with one attached hydrogen (secondary N) is 1. The average Bonchev–Trinajstić information content (AvgIpc) is 3.31. The van der Waals surface area contributed by atoms with Gasteiger partial charge in [-0.25, -0.2) is 9.50 Å². The van der Waals surface area contributed by atoms with Crippen molar-refractivity contribution in [2.45, 2.75) is 33.2 Å². The molecule has 0 saturated carbocycles. The van der Waals surface area contributed by atoms with Crippen LogP contribution in [-0.4, -0.2) is 40.7 Å². The maximum absolute atomic E-state index is 13.0. The maximum atomic E-state index is 13.0. The fourth-order valence-electron chi connectivity index (χ4n) is 4.88. The summed E-state index contributed by atoms with van der Waals surface area (Å²) >= 11 is 0. The highest BCUT2D eigenvalue weighted by molar-refractivity contribution is 5.81. The Balaban J connectivity index is 1.33. The molecule has 1 aliphatic heterocycles. The van der Waals surface area contributed by atoms with Gasteiger partial charge in [0.05, 0.1) is 18.7 Å². The van der Waals surface area contributed by atoms with Crippen molar-refractivity contribution in [2.75, 3.05) is 25.1 Å². The minimum atomic E-state index is -0.0850. The van der Waals surface area contributed by atoms with Crippen LogP contribution in [0.15, 0.2) is 60.9 Å². The number of nitrogens with zero attached hydrogens (tertiary/aromatic N) is 4. The Bertz CT molecular complexity index is 1360. The highest BCUT2D eigenvalue weighted by atomic mass is 16.5. The van der Waals surface area contributed by atoms with E-state index < -0.39 is 0 Å². The third-order valence-corrected chi connectivity index (χ3v) is 6.72. The third-order valence-electron chi connectivity index (χ3n) is 6.72. The summed E-state index contributed by atoms with van der Waals surface area (Å²) in [5.41, 5.74) is 6.48. The van der Waals surface area contributed by atoms with E-state index in [0.717, 1.165) is 53.3 Å². The SMILES string of the molecule is COc1cccc(CNC(=O)[C@@H]2CCCN(c3nccn4nc(-c5ccc(C)cc5C)cc34)C2)c1. The van der Waals surface area contributed by atoms with Gasteiger partial charge >= 0.3 is 0 Å². The van der Waals surface area contributed by atoms with Crippen LogP contribution in [0.2, 0.25) is 0 Å². The first-order chi connectivity index (χ1) is 17.0. The predicted molar refractivity (Wildman–Crippen MR) is 138 cm³/mol. The van der Waals surface area contributed by atoms with Gasteiger partial charge in [0.2, 0.25) is 5.91 Å². The van der Waals surface area contributed by atoms with Gasteiger partial charge in [-0.05, 0) is 56.0 Å². The van der Waals surface area contributed by atoms with Crippen LogP contribution in [0.25, 0.3) is 16.8 Å². The molecule has 4 aromatic rings. The van der Waals surface area contributed by atoms with Gasteiger partial charge in [-0.1, -0.05) is 35.9 Å². The van der Waals surface area contributed by atoms with Crippen molar-refractivity contribution in [2.24, 2.45) is 5.92 Å². The third kappa shape index (κ3) is 4.85. The largest absolute Gasteiger partial charge is 0.497 e. The van der Waals surface area contributed by atoms with Gasteiger partial charge in [0.25, 0.3) is 0 Å². The molecule has 5 rings (SSSR count). The fourth-order valence-corrected chi connectivity index (χ4v) is 4.88. The molecule has 1 amide bonds. The molecule has 1 saturated heterocycles. The van der Waals surface area contributed by atoms with E-state index in [1.807, 2.05) is 35.0 Å². The van der Waals surface area contributed by atoms with Gasteiger partial charge in [0.1, 0.15) is 11.3 Å². The van der Waals surface area contributed by atoms with Crippen LogP contribution in [-0.2, 0) is 11.3 Å². The summed E-state index contributed by atoms with van der Waals surface area (Å²) in [4.78, 5) is 19.9. The topological polar surface area (TPSA) is 71.8 Å². The summed E-state index contributed by atoms with van der Waals surface area (Å²) in [6, 6.07) is 16.3. The summed E-state index contributed by atoms with van der Waals surface area (Å²) in [5, 5.41) is 7.93. The lowest BCUT2D eigenvalue weighted by Gasteiger charge is -2.33. The maximum Gasteiger partial charge on any atom is 0.225 e. The summed E-state index contributed by atoms with van der Waals surface area (Å²) < 4.78 is 7.18. The number of benzene rings is 2. The van der Waals surface area contributed by atoms with Crippen LogP contribution in [0.3, 0.4) is 0 Å². The van der Waals surface area contributed by atoms with E-state index in [1.54, 1.807) is 13.3 Å². The summed E-state index contributed by atoms with van der Waals surface area (Å²) in [5.74, 6) is 1.66. The van der Waals surface area contributed by atoms with Crippen LogP contribution in [0.5, 0.6) is 5.75 Å². The second kappa shape index (κ2) is 9.78. The number of fused-ring (bicyclic) bond motifs is 1. The van der Waals surface area contributed by atoms with Crippen LogP contribution < -0.4 is 15.0 Å². The molecule has 0 aliphatic carbocycles. The van der Waals surface area contributed by atoms with Crippen molar-refractivity contribution in [3.63, 3.8) is 0 Å². The zero-order chi connectivity index (χ0) is 24.4. The van der Waals surface area contributed by atoms with Gasteiger partial charge < -0.3 is 15.0 Å². The first-order valence-electron chi connectivity index (χ1n) is 12.1. The second-order valence-electron chi connectivity index (χ2n) is 9.28. The minimum Gasteiger partial charge on any atom is -0.497 e. The lowest BCUT2D eigenvalue weighted by atomic mass is 9.97. The molecule has 3 heterocycles. The number of carbonyl (C=O) groups is 1. The molecule has 1 aliphatic rings. The fraction of sp³-hybridized carbons (Fsp3) is 0.321. The van der Waals surface area contributed by atoms with Crippen molar-refractivity contribution in [1.29, 1.82) is 0 Å². The number of aromatic nitrogens is 3. The Morgan fingerprint density at radius 2 is 2.06 bits per heavy atom. The van der Waals surface area contributed by atoms with Crippen molar-refractivity contribution in [3.8, 4) is 17.0 Å². The van der Waals surface area contributed by atoms with Crippen molar-refractivity contribution < 1.29 is 9.53 Å². The number of aryl methyl sites for hydroxylation is 2. The quantitative estimate of drug-likeness (QED) is 0.448. The zero-order valence-electron chi connectivity index (χ0n) is 20.5. The van der Waals surface area contributed by atoms with Gasteiger partial charge in [-0.2, -0.15) is 5.10 Å². The van der Waals surface area contributed by atoms with Crippen LogP contribution >= 0.6 is 0 Å². The van der Waals surface area contributed by atoms with E-state index in [0.29, 0.717) is 13.1 Å². The smallest absolute Gasteiger partial charge is 0.225 e. The van der Waals surface area contributed by atoms with Gasteiger partial charge in [-0.15, -0.1) is 0 Å². The van der Waals surface area contributed by atoms with Crippen LogP contribution in [0.4, 0.5) is 5.82 Å². The summed E-state index contributed by atoms with van der Waals surface area (Å²) in [6.07, 6.45) is 5.48. The normalized spacial score (nSPS) is 15.9. The molecule has 7 heteroatoms. The number of ether oxygens (including phenoxy) is 1. The van der Waals surface area contributed by atoms with E-state index in [9.17, 15) is 4.79 Å². The Labute approximate surface area is 205 Å². The van der Waals surface area contributed by atoms with E-state index in [2.05, 4.69) is 48.3 Å². The molecule has 1 atom stereocenters. The average molecular weight is 470 g/mol. The molecule has 180 valence electrons. The molecular formula is C28H31N5O2. The second-order valence-corrected chi connectivity index (χ2v) is 9.28. The first kappa shape index (κ1) is 22.9. The number of amides is 1. The standard InChI is InChI=1S/C28H31N5O2/c1-19-9-10-24(20(2)14-19)25-16-26-27(29-11-13-33(26)31-25)32-12-5-7-22(18-32)28(34)30-17-21-6-4-8-23(15-21)35-3/h4,6,8-11,13-16,22H,5,7,12,17-18H2,1-3H3,(H,30,34)/t22-/m1/s1. The lowest BCUT2D eigenvalue weighted by molar-refractivity contribution is -0.125. The van der Waals surface area contributed by atoms with Crippen molar-refractivity contribution >= 4 is 17.2 Å². The molecule has 1 N–H and O–H groups in total. The first-order valence-corrected chi connectivity index (χ1v) is 12.1.